The van der Waals surface area contributed by atoms with Gasteiger partial charge in [-0.2, -0.15) is 0 Å². The number of thiazole rings is 1. The van der Waals surface area contributed by atoms with Crippen molar-refractivity contribution in [2.24, 2.45) is 5.73 Å². The van der Waals surface area contributed by atoms with E-state index in [1.807, 2.05) is 12.3 Å². The third-order valence-corrected chi connectivity index (χ3v) is 3.94. The highest BCUT2D eigenvalue weighted by Crippen LogP contribution is 2.20. The van der Waals surface area contributed by atoms with E-state index in [4.69, 9.17) is 17.3 Å². The summed E-state index contributed by atoms with van der Waals surface area (Å²) in [6.07, 6.45) is 1.34. The van der Waals surface area contributed by atoms with Gasteiger partial charge in [0.25, 0.3) is 0 Å². The van der Waals surface area contributed by atoms with Crippen LogP contribution in [0.4, 0.5) is 4.39 Å². The lowest BCUT2D eigenvalue weighted by atomic mass is 10.0. The maximum Gasteiger partial charge on any atom is 0.124 e. The van der Waals surface area contributed by atoms with Gasteiger partial charge in [0.1, 0.15) is 5.82 Å². The summed E-state index contributed by atoms with van der Waals surface area (Å²) in [7, 11) is 0. The highest BCUT2D eigenvalue weighted by Gasteiger charge is 2.10. The van der Waals surface area contributed by atoms with Crippen molar-refractivity contribution in [1.82, 2.24) is 4.98 Å². The van der Waals surface area contributed by atoms with E-state index in [0.717, 1.165) is 16.3 Å². The van der Waals surface area contributed by atoms with Gasteiger partial charge in [-0.3, -0.25) is 0 Å². The lowest BCUT2D eigenvalue weighted by Gasteiger charge is -2.11. The molecule has 18 heavy (non-hydrogen) atoms. The molecule has 2 rings (SSSR count). The van der Waals surface area contributed by atoms with E-state index in [0.29, 0.717) is 17.9 Å². The maximum atomic E-state index is 12.9. The van der Waals surface area contributed by atoms with Gasteiger partial charge in [-0.25, -0.2) is 9.37 Å². The van der Waals surface area contributed by atoms with Gasteiger partial charge in [0.2, 0.25) is 0 Å². The van der Waals surface area contributed by atoms with Crippen LogP contribution in [0.5, 0.6) is 0 Å². The molecule has 2 nitrogen and oxygen atoms in total. The van der Waals surface area contributed by atoms with Crippen LogP contribution in [0.3, 0.4) is 0 Å². The third kappa shape index (κ3) is 3.51. The number of halogens is 2. The molecule has 5 heteroatoms. The highest BCUT2D eigenvalue weighted by atomic mass is 35.5. The Morgan fingerprint density at radius 1 is 1.44 bits per heavy atom. The van der Waals surface area contributed by atoms with Crippen LogP contribution < -0.4 is 5.73 Å². The van der Waals surface area contributed by atoms with Crippen molar-refractivity contribution < 1.29 is 4.39 Å². The smallest absolute Gasteiger partial charge is 0.124 e. The SMILES string of the molecule is Cc1csc(CC(N)Cc2ccc(F)cc2Cl)n1. The zero-order valence-electron chi connectivity index (χ0n) is 9.99. The van der Waals surface area contributed by atoms with Crippen molar-refractivity contribution in [2.45, 2.75) is 25.8 Å². The van der Waals surface area contributed by atoms with Crippen molar-refractivity contribution in [3.63, 3.8) is 0 Å². The molecule has 0 spiro atoms. The predicted octanol–water partition coefficient (Wildman–Crippen LogP) is 3.36. The zero-order chi connectivity index (χ0) is 13.1. The van der Waals surface area contributed by atoms with Crippen molar-refractivity contribution in [1.29, 1.82) is 0 Å². The summed E-state index contributed by atoms with van der Waals surface area (Å²) in [5.41, 5.74) is 7.96. The first-order valence-corrected chi connectivity index (χ1v) is 6.91. The molecule has 1 unspecified atom stereocenters. The second-order valence-electron chi connectivity index (χ2n) is 4.29. The minimum Gasteiger partial charge on any atom is -0.327 e. The number of hydrogen-bond donors (Lipinski definition) is 1. The molecule has 96 valence electrons. The summed E-state index contributed by atoms with van der Waals surface area (Å²) in [4.78, 5) is 4.37. The average Bonchev–Trinajstić information content (AvgIpc) is 2.68. The van der Waals surface area contributed by atoms with Gasteiger partial charge in [-0.05, 0) is 31.0 Å². The molecular weight excluding hydrogens is 271 g/mol. The second kappa shape index (κ2) is 5.78. The van der Waals surface area contributed by atoms with Crippen LogP contribution in [-0.2, 0) is 12.8 Å². The fourth-order valence-electron chi connectivity index (χ4n) is 1.76. The summed E-state index contributed by atoms with van der Waals surface area (Å²) in [5.74, 6) is -0.326. The van der Waals surface area contributed by atoms with E-state index in [9.17, 15) is 4.39 Å². The van der Waals surface area contributed by atoms with Gasteiger partial charge in [0.05, 0.1) is 5.01 Å². The Bertz CT molecular complexity index is 542. The Labute approximate surface area is 115 Å². The largest absolute Gasteiger partial charge is 0.327 e. The topological polar surface area (TPSA) is 38.9 Å². The molecule has 2 aromatic rings. The van der Waals surface area contributed by atoms with Crippen LogP contribution >= 0.6 is 22.9 Å². The number of nitrogens with two attached hydrogens (primary N) is 1. The van der Waals surface area contributed by atoms with Gasteiger partial charge in [0, 0.05) is 28.6 Å². The van der Waals surface area contributed by atoms with Crippen LogP contribution in [0, 0.1) is 12.7 Å². The molecule has 0 saturated carbocycles. The van der Waals surface area contributed by atoms with Crippen LogP contribution in [-0.4, -0.2) is 11.0 Å². The normalized spacial score (nSPS) is 12.7. The molecule has 1 aromatic carbocycles. The molecule has 0 aliphatic rings. The number of aromatic nitrogens is 1. The Morgan fingerprint density at radius 3 is 2.83 bits per heavy atom. The first-order chi connectivity index (χ1) is 8.54. The Kier molecular flexibility index (Phi) is 4.32. The second-order valence-corrected chi connectivity index (χ2v) is 5.64. The minimum atomic E-state index is -0.326. The molecule has 0 bridgehead atoms. The number of hydrogen-bond acceptors (Lipinski definition) is 3. The minimum absolute atomic E-state index is 0.0569. The van der Waals surface area contributed by atoms with Gasteiger partial charge >= 0.3 is 0 Å². The lowest BCUT2D eigenvalue weighted by molar-refractivity contribution is 0.623. The fraction of sp³-hybridized carbons (Fsp3) is 0.308. The lowest BCUT2D eigenvalue weighted by Crippen LogP contribution is -2.25. The predicted molar refractivity (Wildman–Crippen MR) is 73.6 cm³/mol. The molecule has 1 heterocycles. The van der Waals surface area contributed by atoms with E-state index < -0.39 is 0 Å². The number of benzene rings is 1. The Hall–Kier alpha value is -0.970. The van der Waals surface area contributed by atoms with Gasteiger partial charge < -0.3 is 5.73 Å². The molecule has 0 aliphatic carbocycles. The number of aryl methyl sites for hydroxylation is 1. The summed E-state index contributed by atoms with van der Waals surface area (Å²) < 4.78 is 12.9. The van der Waals surface area contributed by atoms with Crippen molar-refractivity contribution in [3.8, 4) is 0 Å². The van der Waals surface area contributed by atoms with Gasteiger partial charge in [-0.1, -0.05) is 17.7 Å². The molecule has 0 amide bonds. The Balaban J connectivity index is 2.00. The van der Waals surface area contributed by atoms with E-state index in [1.165, 1.54) is 12.1 Å². The maximum absolute atomic E-state index is 12.9. The van der Waals surface area contributed by atoms with Crippen molar-refractivity contribution >= 4 is 22.9 Å². The molecule has 0 aliphatic heterocycles. The summed E-state index contributed by atoms with van der Waals surface area (Å²) in [5, 5.41) is 3.46. The zero-order valence-corrected chi connectivity index (χ0v) is 11.6. The van der Waals surface area contributed by atoms with Crippen LogP contribution in [0.1, 0.15) is 16.3 Å². The van der Waals surface area contributed by atoms with Gasteiger partial charge in [0.15, 0.2) is 0 Å². The standard InChI is InChI=1S/C13H14ClFN2S/c1-8-7-18-13(17-8)6-11(16)4-9-2-3-10(15)5-12(9)14/h2-3,5,7,11H,4,6,16H2,1H3. The van der Waals surface area contributed by atoms with Crippen LogP contribution in [0.2, 0.25) is 5.02 Å². The molecule has 1 atom stereocenters. The highest BCUT2D eigenvalue weighted by molar-refractivity contribution is 7.09. The van der Waals surface area contributed by atoms with E-state index >= 15 is 0 Å². The summed E-state index contributed by atoms with van der Waals surface area (Å²) in [6, 6.07) is 4.35. The molecule has 0 fully saturated rings. The monoisotopic (exact) mass is 284 g/mol. The van der Waals surface area contributed by atoms with E-state index in [1.54, 1.807) is 17.4 Å². The fourth-order valence-corrected chi connectivity index (χ4v) is 2.87. The first kappa shape index (κ1) is 13.5. The molecular formula is C13H14ClFN2S. The molecule has 0 radical (unpaired) electrons. The number of rotatable bonds is 4. The quantitative estimate of drug-likeness (QED) is 0.935. The molecule has 0 saturated heterocycles. The summed E-state index contributed by atoms with van der Waals surface area (Å²) in [6.45, 7) is 1.96. The van der Waals surface area contributed by atoms with Crippen molar-refractivity contribution in [2.75, 3.05) is 0 Å². The van der Waals surface area contributed by atoms with Crippen LogP contribution in [0.25, 0.3) is 0 Å². The van der Waals surface area contributed by atoms with E-state index in [2.05, 4.69) is 4.98 Å². The molecule has 1 aromatic heterocycles. The van der Waals surface area contributed by atoms with E-state index in [-0.39, 0.29) is 11.9 Å². The van der Waals surface area contributed by atoms with Crippen LogP contribution in [0.15, 0.2) is 23.6 Å². The number of nitrogens with zero attached hydrogens (tertiary/aromatic N) is 1. The Morgan fingerprint density at radius 2 is 2.22 bits per heavy atom. The molecule has 2 N–H and O–H groups in total. The average molecular weight is 285 g/mol. The third-order valence-electron chi connectivity index (χ3n) is 2.60. The first-order valence-electron chi connectivity index (χ1n) is 5.65. The van der Waals surface area contributed by atoms with Gasteiger partial charge in [-0.15, -0.1) is 11.3 Å². The summed E-state index contributed by atoms with van der Waals surface area (Å²) >= 11 is 7.58. The van der Waals surface area contributed by atoms with Crippen molar-refractivity contribution in [3.05, 3.63) is 50.7 Å².